The molecular formula is C16H9F3N6O3. The van der Waals surface area contributed by atoms with Crippen molar-refractivity contribution in [2.45, 2.75) is 6.54 Å². The lowest BCUT2D eigenvalue weighted by atomic mass is 10.3. The summed E-state index contributed by atoms with van der Waals surface area (Å²) in [5.74, 6) is -4.43. The van der Waals surface area contributed by atoms with Crippen molar-refractivity contribution in [3.63, 3.8) is 0 Å². The number of aromatic amines is 1. The van der Waals surface area contributed by atoms with E-state index in [4.69, 9.17) is 5.26 Å². The monoisotopic (exact) mass is 390 g/mol. The van der Waals surface area contributed by atoms with Crippen LogP contribution in [0.4, 0.5) is 19.0 Å². The maximum Gasteiger partial charge on any atom is 0.328 e. The van der Waals surface area contributed by atoms with Gasteiger partial charge in [-0.1, -0.05) is 0 Å². The van der Waals surface area contributed by atoms with Crippen molar-refractivity contribution in [2.75, 3.05) is 5.32 Å². The third kappa shape index (κ3) is 3.68. The molecule has 9 nitrogen and oxygen atoms in total. The van der Waals surface area contributed by atoms with E-state index < -0.39 is 41.2 Å². The van der Waals surface area contributed by atoms with Crippen LogP contribution >= 0.6 is 0 Å². The van der Waals surface area contributed by atoms with Crippen molar-refractivity contribution in [1.82, 2.24) is 19.3 Å². The third-order valence-electron chi connectivity index (χ3n) is 3.52. The van der Waals surface area contributed by atoms with Crippen LogP contribution in [0.25, 0.3) is 5.69 Å². The molecule has 3 aromatic rings. The van der Waals surface area contributed by atoms with E-state index in [9.17, 15) is 27.6 Å². The molecule has 0 aliphatic heterocycles. The highest BCUT2D eigenvalue weighted by Crippen LogP contribution is 2.19. The summed E-state index contributed by atoms with van der Waals surface area (Å²) in [5, 5.41) is 15.2. The Morgan fingerprint density at radius 3 is 2.61 bits per heavy atom. The first-order valence-electron chi connectivity index (χ1n) is 7.53. The fourth-order valence-corrected chi connectivity index (χ4v) is 2.28. The summed E-state index contributed by atoms with van der Waals surface area (Å²) in [7, 11) is 0. The molecule has 0 radical (unpaired) electrons. The van der Waals surface area contributed by atoms with Crippen LogP contribution in [0.2, 0.25) is 0 Å². The molecule has 2 aromatic heterocycles. The van der Waals surface area contributed by atoms with Gasteiger partial charge in [-0.25, -0.2) is 18.3 Å². The summed E-state index contributed by atoms with van der Waals surface area (Å²) in [6.07, 6.45) is 0.564. The Morgan fingerprint density at radius 2 is 1.93 bits per heavy atom. The zero-order chi connectivity index (χ0) is 20.4. The summed E-state index contributed by atoms with van der Waals surface area (Å²) in [6.45, 7) is -0.669. The Hall–Kier alpha value is -4.14. The van der Waals surface area contributed by atoms with Gasteiger partial charge in [0, 0.05) is 12.1 Å². The normalized spacial score (nSPS) is 10.5. The molecule has 0 spiro atoms. The Morgan fingerprint density at radius 1 is 1.18 bits per heavy atom. The Labute approximate surface area is 153 Å². The first-order valence-corrected chi connectivity index (χ1v) is 7.53. The molecule has 2 heterocycles. The van der Waals surface area contributed by atoms with Crippen molar-refractivity contribution in [2.24, 2.45) is 0 Å². The molecule has 0 aliphatic rings. The lowest BCUT2D eigenvalue weighted by molar-refractivity contribution is -0.116. The molecule has 0 atom stereocenters. The van der Waals surface area contributed by atoms with E-state index in [1.807, 2.05) is 0 Å². The first-order chi connectivity index (χ1) is 13.3. The molecule has 0 aliphatic carbocycles. The third-order valence-corrected chi connectivity index (χ3v) is 3.52. The highest BCUT2D eigenvalue weighted by Gasteiger charge is 2.15. The second-order valence-electron chi connectivity index (χ2n) is 5.45. The number of carbonyl (C=O) groups excluding carboxylic acids is 1. The Balaban J connectivity index is 1.91. The van der Waals surface area contributed by atoms with Crippen molar-refractivity contribution < 1.29 is 18.0 Å². The van der Waals surface area contributed by atoms with Gasteiger partial charge in [-0.3, -0.25) is 19.1 Å². The van der Waals surface area contributed by atoms with Crippen LogP contribution in [0.15, 0.2) is 40.1 Å². The van der Waals surface area contributed by atoms with E-state index >= 15 is 0 Å². The minimum atomic E-state index is -1.26. The van der Waals surface area contributed by atoms with E-state index in [0.29, 0.717) is 10.8 Å². The summed E-state index contributed by atoms with van der Waals surface area (Å²) < 4.78 is 41.5. The van der Waals surface area contributed by atoms with Crippen molar-refractivity contribution in [1.29, 1.82) is 5.26 Å². The second-order valence-corrected chi connectivity index (χ2v) is 5.45. The maximum atomic E-state index is 13.5. The smallest absolute Gasteiger partial charge is 0.309 e. The summed E-state index contributed by atoms with van der Waals surface area (Å²) in [6, 6.07) is 5.71. The number of rotatable bonds is 4. The summed E-state index contributed by atoms with van der Waals surface area (Å²) in [5.41, 5.74) is -2.35. The van der Waals surface area contributed by atoms with Crippen molar-refractivity contribution in [3.8, 4) is 11.8 Å². The number of anilines is 1. The number of benzene rings is 1. The minimum absolute atomic E-state index is 0.0166. The van der Waals surface area contributed by atoms with Gasteiger partial charge in [0.25, 0.3) is 5.56 Å². The van der Waals surface area contributed by atoms with E-state index in [-0.39, 0.29) is 17.2 Å². The van der Waals surface area contributed by atoms with Gasteiger partial charge < -0.3 is 5.32 Å². The van der Waals surface area contributed by atoms with E-state index in [0.717, 1.165) is 22.9 Å². The molecule has 0 saturated carbocycles. The second kappa shape index (κ2) is 7.23. The molecule has 0 bridgehead atoms. The van der Waals surface area contributed by atoms with Crippen LogP contribution < -0.4 is 16.6 Å². The molecule has 2 N–H and O–H groups in total. The Bertz CT molecular complexity index is 1240. The van der Waals surface area contributed by atoms with E-state index in [2.05, 4.69) is 10.4 Å². The molecule has 0 fully saturated rings. The average molecular weight is 390 g/mol. The maximum absolute atomic E-state index is 13.5. The largest absolute Gasteiger partial charge is 0.328 e. The number of hydrogen-bond donors (Lipinski definition) is 2. The van der Waals surface area contributed by atoms with E-state index in [1.165, 1.54) is 6.07 Å². The van der Waals surface area contributed by atoms with Crippen LogP contribution in [-0.4, -0.2) is 25.2 Å². The number of hydrogen-bond acceptors (Lipinski definition) is 5. The molecule has 142 valence electrons. The minimum Gasteiger partial charge on any atom is -0.309 e. The first kappa shape index (κ1) is 18.6. The molecule has 28 heavy (non-hydrogen) atoms. The predicted molar refractivity (Wildman–Crippen MR) is 88.1 cm³/mol. The van der Waals surface area contributed by atoms with Gasteiger partial charge in [-0.15, -0.1) is 0 Å². The highest BCUT2D eigenvalue weighted by molar-refractivity contribution is 5.90. The van der Waals surface area contributed by atoms with Crippen LogP contribution in [0.3, 0.4) is 0 Å². The van der Waals surface area contributed by atoms with Crippen LogP contribution in [0.1, 0.15) is 5.69 Å². The lowest BCUT2D eigenvalue weighted by Crippen LogP contribution is -2.34. The van der Waals surface area contributed by atoms with Gasteiger partial charge in [0.2, 0.25) is 11.7 Å². The summed E-state index contributed by atoms with van der Waals surface area (Å²) in [4.78, 5) is 36.5. The van der Waals surface area contributed by atoms with Crippen LogP contribution in [-0.2, 0) is 11.3 Å². The molecule has 0 unspecified atom stereocenters. The van der Waals surface area contributed by atoms with Gasteiger partial charge in [-0.2, -0.15) is 14.8 Å². The fraction of sp³-hybridized carbons (Fsp3) is 0.0625. The van der Waals surface area contributed by atoms with Gasteiger partial charge in [-0.05, 0) is 12.1 Å². The van der Waals surface area contributed by atoms with Gasteiger partial charge in [0.05, 0.1) is 11.9 Å². The number of aromatic nitrogens is 4. The highest BCUT2D eigenvalue weighted by atomic mass is 19.2. The number of nitriles is 1. The predicted octanol–water partition coefficient (Wildman–Crippen LogP) is 0.650. The number of halogens is 3. The molecule has 12 heteroatoms. The SMILES string of the molecule is N#Cc1cc(NC(=O)Cn2cc(F)c(=O)[nH]c2=O)n(-c2ccc(F)c(F)c2)n1. The average Bonchev–Trinajstić information content (AvgIpc) is 3.04. The Kier molecular flexibility index (Phi) is 4.82. The number of H-pyrrole nitrogens is 1. The number of nitrogens with one attached hydrogen (secondary N) is 2. The standard InChI is InChI=1S/C16H9F3N6O3/c17-10-2-1-9(4-11(10)18)25-13(3-8(5-20)23-25)21-14(26)7-24-6-12(19)15(27)22-16(24)28/h1-4,6H,7H2,(H,21,26)(H,22,27,28). The quantitative estimate of drug-likeness (QED) is 0.677. The van der Waals surface area contributed by atoms with Gasteiger partial charge in [0.1, 0.15) is 18.4 Å². The van der Waals surface area contributed by atoms with Crippen molar-refractivity contribution in [3.05, 3.63) is 74.4 Å². The fourth-order valence-electron chi connectivity index (χ4n) is 2.28. The molecule has 3 rings (SSSR count). The number of nitrogens with zero attached hydrogens (tertiary/aromatic N) is 4. The van der Waals surface area contributed by atoms with Gasteiger partial charge >= 0.3 is 5.69 Å². The van der Waals surface area contributed by atoms with Crippen LogP contribution in [0, 0.1) is 28.8 Å². The van der Waals surface area contributed by atoms with E-state index in [1.54, 1.807) is 11.1 Å². The number of carbonyl (C=O) groups is 1. The van der Waals surface area contributed by atoms with Crippen molar-refractivity contribution >= 4 is 11.7 Å². The molecule has 1 aromatic carbocycles. The molecule has 1 amide bonds. The lowest BCUT2D eigenvalue weighted by Gasteiger charge is -2.10. The van der Waals surface area contributed by atoms with Crippen LogP contribution in [0.5, 0.6) is 0 Å². The topological polar surface area (TPSA) is 126 Å². The zero-order valence-corrected chi connectivity index (χ0v) is 13.7. The zero-order valence-electron chi connectivity index (χ0n) is 13.7. The number of amides is 1. The summed E-state index contributed by atoms with van der Waals surface area (Å²) >= 11 is 0. The van der Waals surface area contributed by atoms with Gasteiger partial charge in [0.15, 0.2) is 17.3 Å². The molecular weight excluding hydrogens is 381 g/mol. The molecule has 0 saturated heterocycles.